The van der Waals surface area contributed by atoms with Gasteiger partial charge in [-0.15, -0.1) is 0 Å². The van der Waals surface area contributed by atoms with Gasteiger partial charge >= 0.3 is 0 Å². The maximum Gasteiger partial charge on any atom is 0.0555 e. The third-order valence-electron chi connectivity index (χ3n) is 1.62. The molecular weight excluding hydrogens is 148 g/mol. The molecule has 0 bridgehead atoms. The van der Waals surface area contributed by atoms with E-state index in [-0.39, 0.29) is 0 Å². The highest BCUT2D eigenvalue weighted by Gasteiger charge is 1.96. The minimum absolute atomic E-state index is 0.369. The number of hydrogen-bond acceptors (Lipinski definition) is 2. The number of hydrogen-bond donors (Lipinski definition) is 2. The van der Waals surface area contributed by atoms with Gasteiger partial charge in [0.05, 0.1) is 12.1 Å². The lowest BCUT2D eigenvalue weighted by Gasteiger charge is -2.00. The van der Waals surface area contributed by atoms with Gasteiger partial charge in [0.25, 0.3) is 0 Å². The van der Waals surface area contributed by atoms with Crippen molar-refractivity contribution in [3.05, 3.63) is 29.3 Å². The molecule has 0 spiro atoms. The van der Waals surface area contributed by atoms with Crippen molar-refractivity contribution in [3.63, 3.8) is 0 Å². The van der Waals surface area contributed by atoms with E-state index < -0.39 is 0 Å². The van der Waals surface area contributed by atoms with E-state index in [0.717, 1.165) is 16.8 Å². The quantitative estimate of drug-likeness (QED) is 0.437. The Balaban J connectivity index is 3.13. The van der Waals surface area contributed by atoms with E-state index in [0.29, 0.717) is 6.54 Å². The molecule has 1 rings (SSSR count). The van der Waals surface area contributed by atoms with Crippen LogP contribution < -0.4 is 11.5 Å². The molecule has 0 unspecified atom stereocenters. The molecule has 2 nitrogen and oxygen atoms in total. The summed E-state index contributed by atoms with van der Waals surface area (Å²) in [6, 6.07) is 5.74. The van der Waals surface area contributed by atoms with Crippen molar-refractivity contribution >= 4 is 5.69 Å². The van der Waals surface area contributed by atoms with E-state index in [4.69, 9.17) is 11.5 Å². The monoisotopic (exact) mass is 160 g/mol. The predicted octanol–water partition coefficient (Wildman–Crippen LogP) is 0.887. The second kappa shape index (κ2) is 3.80. The van der Waals surface area contributed by atoms with Gasteiger partial charge in [-0.1, -0.05) is 24.0 Å². The van der Waals surface area contributed by atoms with Crippen molar-refractivity contribution < 1.29 is 0 Å². The van der Waals surface area contributed by atoms with Crippen molar-refractivity contribution in [1.29, 1.82) is 0 Å². The minimum Gasteiger partial charge on any atom is -0.398 e. The van der Waals surface area contributed by atoms with Crippen LogP contribution in [0.25, 0.3) is 0 Å². The third-order valence-corrected chi connectivity index (χ3v) is 1.62. The van der Waals surface area contributed by atoms with Crippen LogP contribution in [0.1, 0.15) is 11.1 Å². The Bertz CT molecular complexity index is 311. The molecule has 0 aromatic heterocycles. The largest absolute Gasteiger partial charge is 0.398 e. The first-order chi connectivity index (χ1) is 5.75. The Kier molecular flexibility index (Phi) is 2.73. The van der Waals surface area contributed by atoms with Gasteiger partial charge in [0.2, 0.25) is 0 Å². The number of anilines is 1. The second-order valence-electron chi connectivity index (χ2n) is 2.55. The third kappa shape index (κ3) is 1.77. The Morgan fingerprint density at radius 1 is 1.42 bits per heavy atom. The van der Waals surface area contributed by atoms with E-state index >= 15 is 0 Å². The molecule has 0 aliphatic heterocycles. The summed E-state index contributed by atoms with van der Waals surface area (Å²) >= 11 is 0. The van der Waals surface area contributed by atoms with Gasteiger partial charge < -0.3 is 11.5 Å². The first kappa shape index (κ1) is 8.63. The second-order valence-corrected chi connectivity index (χ2v) is 2.55. The Morgan fingerprint density at radius 3 is 2.75 bits per heavy atom. The molecule has 0 radical (unpaired) electrons. The van der Waals surface area contributed by atoms with Crippen molar-refractivity contribution in [1.82, 2.24) is 0 Å². The topological polar surface area (TPSA) is 52.0 Å². The molecule has 0 atom stereocenters. The normalized spacial score (nSPS) is 8.83. The molecule has 1 aromatic rings. The molecule has 0 fully saturated rings. The van der Waals surface area contributed by atoms with Crippen LogP contribution in [0.2, 0.25) is 0 Å². The average molecular weight is 160 g/mol. The Morgan fingerprint density at radius 2 is 2.17 bits per heavy atom. The minimum atomic E-state index is 0.369. The molecular formula is C10H12N2. The zero-order valence-corrected chi connectivity index (χ0v) is 7.09. The van der Waals surface area contributed by atoms with Crippen LogP contribution >= 0.6 is 0 Å². The summed E-state index contributed by atoms with van der Waals surface area (Å²) < 4.78 is 0. The van der Waals surface area contributed by atoms with Crippen molar-refractivity contribution in [2.24, 2.45) is 5.73 Å². The van der Waals surface area contributed by atoms with Gasteiger partial charge in [0, 0.05) is 5.69 Å². The van der Waals surface area contributed by atoms with Gasteiger partial charge in [-0.3, -0.25) is 0 Å². The summed E-state index contributed by atoms with van der Waals surface area (Å²) in [6.07, 6.45) is 0. The lowest BCUT2D eigenvalue weighted by atomic mass is 10.1. The molecule has 4 N–H and O–H groups in total. The van der Waals surface area contributed by atoms with Gasteiger partial charge in [-0.05, 0) is 18.6 Å². The summed E-state index contributed by atoms with van der Waals surface area (Å²) in [6.45, 7) is 2.35. The fraction of sp³-hybridized carbons (Fsp3) is 0.200. The molecule has 0 saturated carbocycles. The van der Waals surface area contributed by atoms with Gasteiger partial charge in [0.1, 0.15) is 0 Å². The van der Waals surface area contributed by atoms with Crippen molar-refractivity contribution in [2.45, 2.75) is 6.92 Å². The fourth-order valence-electron chi connectivity index (χ4n) is 1.00. The summed E-state index contributed by atoms with van der Waals surface area (Å²) in [7, 11) is 0. The lowest BCUT2D eigenvalue weighted by molar-refractivity contribution is 1.30. The SMILES string of the molecule is Cc1cccc(N)c1C#CCN. The van der Waals surface area contributed by atoms with Gasteiger partial charge in [-0.2, -0.15) is 0 Å². The smallest absolute Gasteiger partial charge is 0.0555 e. The van der Waals surface area contributed by atoms with Crippen LogP contribution in [0.4, 0.5) is 5.69 Å². The van der Waals surface area contributed by atoms with Crippen molar-refractivity contribution in [3.8, 4) is 11.8 Å². The Hall–Kier alpha value is -1.46. The zero-order chi connectivity index (χ0) is 8.97. The highest BCUT2D eigenvalue weighted by atomic mass is 14.6. The molecule has 0 heterocycles. The van der Waals surface area contributed by atoms with Gasteiger partial charge in [0.15, 0.2) is 0 Å². The zero-order valence-electron chi connectivity index (χ0n) is 7.09. The first-order valence-corrected chi connectivity index (χ1v) is 3.79. The molecule has 12 heavy (non-hydrogen) atoms. The molecule has 1 aromatic carbocycles. The molecule has 62 valence electrons. The van der Waals surface area contributed by atoms with Gasteiger partial charge in [-0.25, -0.2) is 0 Å². The highest BCUT2D eigenvalue weighted by molar-refractivity contribution is 5.59. The molecule has 0 aliphatic rings. The van der Waals surface area contributed by atoms with E-state index in [1.165, 1.54) is 0 Å². The van der Waals surface area contributed by atoms with Crippen LogP contribution in [0.3, 0.4) is 0 Å². The first-order valence-electron chi connectivity index (χ1n) is 3.79. The van der Waals surface area contributed by atoms with Crippen molar-refractivity contribution in [2.75, 3.05) is 12.3 Å². The van der Waals surface area contributed by atoms with E-state index in [2.05, 4.69) is 11.8 Å². The van der Waals surface area contributed by atoms with Crippen LogP contribution in [0.15, 0.2) is 18.2 Å². The molecule has 2 heteroatoms. The number of benzene rings is 1. The van der Waals surface area contributed by atoms with E-state index in [1.807, 2.05) is 25.1 Å². The number of nitrogens with two attached hydrogens (primary N) is 2. The summed E-state index contributed by atoms with van der Waals surface area (Å²) in [5.74, 6) is 5.72. The van der Waals surface area contributed by atoms with Crippen LogP contribution in [-0.2, 0) is 0 Å². The molecule has 0 aliphatic carbocycles. The van der Waals surface area contributed by atoms with E-state index in [1.54, 1.807) is 0 Å². The van der Waals surface area contributed by atoms with Crippen LogP contribution in [0.5, 0.6) is 0 Å². The van der Waals surface area contributed by atoms with E-state index in [9.17, 15) is 0 Å². The highest BCUT2D eigenvalue weighted by Crippen LogP contribution is 2.13. The summed E-state index contributed by atoms with van der Waals surface area (Å²) in [4.78, 5) is 0. The summed E-state index contributed by atoms with van der Waals surface area (Å²) in [5.41, 5.74) is 13.7. The standard InChI is InChI=1S/C10H12N2/c1-8-4-2-6-10(12)9(8)5-3-7-11/h2,4,6H,7,11-12H2,1H3. The Labute approximate surface area is 72.6 Å². The maximum atomic E-state index is 5.72. The fourth-order valence-corrected chi connectivity index (χ4v) is 1.00. The number of rotatable bonds is 0. The van der Waals surface area contributed by atoms with Crippen LogP contribution in [0, 0.1) is 18.8 Å². The predicted molar refractivity (Wildman–Crippen MR) is 51.5 cm³/mol. The summed E-state index contributed by atoms with van der Waals surface area (Å²) in [5, 5.41) is 0. The van der Waals surface area contributed by atoms with Crippen LogP contribution in [-0.4, -0.2) is 6.54 Å². The number of aryl methyl sites for hydroxylation is 1. The molecule has 0 amide bonds. The average Bonchev–Trinajstić information content (AvgIpc) is 2.04. The maximum absolute atomic E-state index is 5.72. The molecule has 0 saturated heterocycles. The number of nitrogen functional groups attached to an aromatic ring is 1. The lowest BCUT2D eigenvalue weighted by Crippen LogP contribution is -1.96.